The standard InChI is InChI=1S/C21H24O4/c1-4-24-19(22)21(20(23)25-5-2,18-9-7-6-8-10-18)15-17-13-11-16(3)12-14-17/h6-14H,4-5,15H2,1-3H3. The highest BCUT2D eigenvalue weighted by molar-refractivity contribution is 6.06. The minimum Gasteiger partial charge on any atom is -0.465 e. The van der Waals surface area contributed by atoms with Gasteiger partial charge >= 0.3 is 11.9 Å². The lowest BCUT2D eigenvalue weighted by Gasteiger charge is -2.30. The number of aryl methyl sites for hydroxylation is 1. The number of carbonyl (C=O) groups is 2. The Labute approximate surface area is 148 Å². The molecule has 4 nitrogen and oxygen atoms in total. The monoisotopic (exact) mass is 340 g/mol. The van der Waals surface area contributed by atoms with E-state index in [1.807, 2.05) is 37.3 Å². The highest BCUT2D eigenvalue weighted by atomic mass is 16.6. The van der Waals surface area contributed by atoms with Crippen molar-refractivity contribution in [2.45, 2.75) is 32.6 Å². The molecule has 0 aromatic heterocycles. The van der Waals surface area contributed by atoms with Gasteiger partial charge in [-0.05, 0) is 31.9 Å². The van der Waals surface area contributed by atoms with Gasteiger partial charge in [0.25, 0.3) is 0 Å². The Balaban J connectivity index is 2.58. The van der Waals surface area contributed by atoms with Crippen LogP contribution >= 0.6 is 0 Å². The Bertz CT molecular complexity index is 686. The number of carbonyl (C=O) groups excluding carboxylic acids is 2. The second kappa shape index (κ2) is 8.47. The average molecular weight is 340 g/mol. The summed E-state index contributed by atoms with van der Waals surface area (Å²) < 4.78 is 10.6. The van der Waals surface area contributed by atoms with Gasteiger partial charge in [-0.3, -0.25) is 9.59 Å². The molecule has 0 bridgehead atoms. The molecule has 0 saturated carbocycles. The van der Waals surface area contributed by atoms with Crippen molar-refractivity contribution in [3.05, 3.63) is 71.3 Å². The zero-order valence-corrected chi connectivity index (χ0v) is 15.0. The molecule has 0 spiro atoms. The molecular weight excluding hydrogens is 316 g/mol. The molecule has 0 saturated heterocycles. The number of hydrogen-bond donors (Lipinski definition) is 0. The van der Waals surface area contributed by atoms with Crippen molar-refractivity contribution in [1.29, 1.82) is 0 Å². The minimum absolute atomic E-state index is 0.189. The predicted octanol–water partition coefficient (Wildman–Crippen LogP) is 3.60. The molecule has 0 unspecified atom stereocenters. The summed E-state index contributed by atoms with van der Waals surface area (Å²) in [6, 6.07) is 16.7. The molecule has 0 aliphatic carbocycles. The Morgan fingerprint density at radius 2 is 1.36 bits per heavy atom. The Hall–Kier alpha value is -2.62. The van der Waals surface area contributed by atoms with Crippen molar-refractivity contribution in [2.75, 3.05) is 13.2 Å². The van der Waals surface area contributed by atoms with Crippen LogP contribution in [0.1, 0.15) is 30.5 Å². The summed E-state index contributed by atoms with van der Waals surface area (Å²) in [5.41, 5.74) is 1.05. The second-order valence-corrected chi connectivity index (χ2v) is 5.87. The van der Waals surface area contributed by atoms with E-state index in [0.29, 0.717) is 5.56 Å². The van der Waals surface area contributed by atoms with E-state index >= 15 is 0 Å². The zero-order chi connectivity index (χ0) is 18.3. The average Bonchev–Trinajstić information content (AvgIpc) is 2.62. The summed E-state index contributed by atoms with van der Waals surface area (Å²) in [6.45, 7) is 5.84. The molecule has 2 rings (SSSR count). The molecular formula is C21H24O4. The van der Waals surface area contributed by atoms with Crippen molar-refractivity contribution >= 4 is 11.9 Å². The summed E-state index contributed by atoms with van der Waals surface area (Å²) in [4.78, 5) is 25.9. The van der Waals surface area contributed by atoms with Crippen LogP contribution in [0.5, 0.6) is 0 Å². The molecule has 0 amide bonds. The van der Waals surface area contributed by atoms with Crippen LogP contribution in [0.15, 0.2) is 54.6 Å². The first-order valence-corrected chi connectivity index (χ1v) is 8.50. The molecule has 0 fully saturated rings. The van der Waals surface area contributed by atoms with Gasteiger partial charge in [-0.25, -0.2) is 0 Å². The van der Waals surface area contributed by atoms with Crippen LogP contribution in [0, 0.1) is 6.92 Å². The van der Waals surface area contributed by atoms with Gasteiger partial charge in [-0.1, -0.05) is 60.2 Å². The van der Waals surface area contributed by atoms with Crippen LogP contribution < -0.4 is 0 Å². The van der Waals surface area contributed by atoms with E-state index in [9.17, 15) is 9.59 Å². The van der Waals surface area contributed by atoms with Crippen molar-refractivity contribution in [2.24, 2.45) is 0 Å². The molecule has 0 aliphatic rings. The van der Waals surface area contributed by atoms with Crippen LogP contribution in [-0.2, 0) is 30.9 Å². The summed E-state index contributed by atoms with van der Waals surface area (Å²) in [5.74, 6) is -1.17. The normalized spacial score (nSPS) is 11.0. The molecule has 0 heterocycles. The summed E-state index contributed by atoms with van der Waals surface area (Å²) in [7, 11) is 0. The van der Waals surface area contributed by atoms with E-state index in [1.54, 1.807) is 38.1 Å². The van der Waals surface area contributed by atoms with Crippen LogP contribution in [0.3, 0.4) is 0 Å². The van der Waals surface area contributed by atoms with Crippen molar-refractivity contribution < 1.29 is 19.1 Å². The fraction of sp³-hybridized carbons (Fsp3) is 0.333. The van der Waals surface area contributed by atoms with E-state index in [4.69, 9.17) is 9.47 Å². The molecule has 0 atom stereocenters. The largest absolute Gasteiger partial charge is 0.465 e. The molecule has 2 aromatic rings. The topological polar surface area (TPSA) is 52.6 Å². The van der Waals surface area contributed by atoms with Crippen LogP contribution in [0.4, 0.5) is 0 Å². The third-order valence-corrected chi connectivity index (χ3v) is 4.10. The maximum atomic E-state index is 12.9. The van der Waals surface area contributed by atoms with E-state index in [0.717, 1.165) is 11.1 Å². The Morgan fingerprint density at radius 3 is 1.84 bits per heavy atom. The predicted molar refractivity (Wildman–Crippen MR) is 96.3 cm³/mol. The summed E-state index contributed by atoms with van der Waals surface area (Å²) in [6.07, 6.45) is 0.189. The van der Waals surface area contributed by atoms with E-state index < -0.39 is 17.4 Å². The molecule has 25 heavy (non-hydrogen) atoms. The third kappa shape index (κ3) is 4.08. The number of ether oxygens (including phenoxy) is 2. The molecule has 132 valence electrons. The lowest BCUT2D eigenvalue weighted by molar-refractivity contribution is -0.164. The Morgan fingerprint density at radius 1 is 0.840 bits per heavy atom. The number of rotatable bonds is 7. The van der Waals surface area contributed by atoms with Gasteiger partial charge in [0.2, 0.25) is 0 Å². The summed E-state index contributed by atoms with van der Waals surface area (Å²) >= 11 is 0. The van der Waals surface area contributed by atoms with Crippen molar-refractivity contribution in [3.63, 3.8) is 0 Å². The van der Waals surface area contributed by atoms with Crippen LogP contribution in [0.25, 0.3) is 0 Å². The third-order valence-electron chi connectivity index (χ3n) is 4.10. The van der Waals surface area contributed by atoms with Gasteiger partial charge in [0.05, 0.1) is 13.2 Å². The van der Waals surface area contributed by atoms with E-state index in [-0.39, 0.29) is 19.6 Å². The van der Waals surface area contributed by atoms with Crippen LogP contribution in [0.2, 0.25) is 0 Å². The first kappa shape index (κ1) is 18.7. The fourth-order valence-electron chi connectivity index (χ4n) is 2.81. The van der Waals surface area contributed by atoms with Crippen LogP contribution in [-0.4, -0.2) is 25.2 Å². The first-order chi connectivity index (χ1) is 12.0. The smallest absolute Gasteiger partial charge is 0.328 e. The highest BCUT2D eigenvalue weighted by Gasteiger charge is 2.50. The van der Waals surface area contributed by atoms with Crippen molar-refractivity contribution in [3.8, 4) is 0 Å². The maximum absolute atomic E-state index is 12.9. The maximum Gasteiger partial charge on any atom is 0.328 e. The summed E-state index contributed by atoms with van der Waals surface area (Å²) in [5, 5.41) is 0. The molecule has 2 aromatic carbocycles. The van der Waals surface area contributed by atoms with E-state index in [2.05, 4.69) is 0 Å². The molecule has 0 radical (unpaired) electrons. The number of benzene rings is 2. The van der Waals surface area contributed by atoms with Gasteiger partial charge < -0.3 is 9.47 Å². The molecule has 0 aliphatic heterocycles. The molecule has 4 heteroatoms. The van der Waals surface area contributed by atoms with Gasteiger partial charge in [0, 0.05) is 6.42 Å². The minimum atomic E-state index is -1.51. The van der Waals surface area contributed by atoms with Gasteiger partial charge in [0.15, 0.2) is 5.41 Å². The molecule has 0 N–H and O–H groups in total. The van der Waals surface area contributed by atoms with Gasteiger partial charge in [0.1, 0.15) is 0 Å². The lowest BCUT2D eigenvalue weighted by atomic mass is 9.75. The first-order valence-electron chi connectivity index (χ1n) is 8.50. The quantitative estimate of drug-likeness (QED) is 0.571. The zero-order valence-electron chi connectivity index (χ0n) is 15.0. The second-order valence-electron chi connectivity index (χ2n) is 5.87. The van der Waals surface area contributed by atoms with E-state index in [1.165, 1.54) is 0 Å². The highest BCUT2D eigenvalue weighted by Crippen LogP contribution is 2.32. The van der Waals surface area contributed by atoms with Gasteiger partial charge in [-0.2, -0.15) is 0 Å². The number of hydrogen-bond acceptors (Lipinski definition) is 4. The Kier molecular flexibility index (Phi) is 6.34. The lowest BCUT2D eigenvalue weighted by Crippen LogP contribution is -2.48. The van der Waals surface area contributed by atoms with Gasteiger partial charge in [-0.15, -0.1) is 0 Å². The SMILES string of the molecule is CCOC(=O)C(Cc1ccc(C)cc1)(C(=O)OCC)c1ccccc1. The van der Waals surface area contributed by atoms with Crippen molar-refractivity contribution in [1.82, 2.24) is 0 Å². The fourth-order valence-corrected chi connectivity index (χ4v) is 2.81. The number of esters is 2.